The number of cyclic esters (lactones) is 1. The molecule has 2 amide bonds. The van der Waals surface area contributed by atoms with Gasteiger partial charge in [0.05, 0.1) is 36.0 Å². The Morgan fingerprint density at radius 2 is 1.68 bits per heavy atom. The molecule has 2 aliphatic heterocycles. The molecule has 0 aromatic heterocycles. The number of allylic oxidation sites excluding steroid dienone is 1. The molecule has 0 radical (unpaired) electrons. The molecule has 0 spiro atoms. The van der Waals surface area contributed by atoms with Crippen LogP contribution in [0.2, 0.25) is 0 Å². The fraction of sp³-hybridized carbons (Fsp3) is 0.619. The summed E-state index contributed by atoms with van der Waals surface area (Å²) < 4.78 is 51.6. The lowest BCUT2D eigenvalue weighted by Crippen LogP contribution is -2.61. The molecule has 11 atom stereocenters. The largest absolute Gasteiger partial charge is 0.457 e. The molecule has 0 aliphatic carbocycles. The van der Waals surface area contributed by atoms with Gasteiger partial charge < -0.3 is 33.3 Å². The number of halogens is 4. The van der Waals surface area contributed by atoms with Crippen molar-refractivity contribution >= 4 is 70.3 Å². The van der Waals surface area contributed by atoms with E-state index < -0.39 is 111 Å². The number of hydrogen-bond acceptors (Lipinski definition) is 13. The van der Waals surface area contributed by atoms with Crippen molar-refractivity contribution in [2.75, 3.05) is 20.7 Å². The van der Waals surface area contributed by atoms with Gasteiger partial charge in [0.15, 0.2) is 35.2 Å². The van der Waals surface area contributed by atoms with Gasteiger partial charge in [-0.05, 0) is 92.3 Å². The highest BCUT2D eigenvalue weighted by atomic mass is 35.6. The second-order valence-electron chi connectivity index (χ2n) is 16.1. The summed E-state index contributed by atoms with van der Waals surface area (Å²) in [4.78, 5) is 83.3. The summed E-state index contributed by atoms with van der Waals surface area (Å²) in [7, 11) is 3.60. The number of ether oxygens (including phenoxy) is 6. The molecule has 18 heteroatoms. The SMILES string of the molecule is C=CCO[C@]1(C)C[C@](C)(F)C(=O)C(C)=C[C@](C)(OC(=O)NC(=O)C(Cl)(Cl)Cl)[C@@H](CC)OC(=O)[C@H](C)C(=O)[C@H](C)[C@H]1O[C@@H]1O[C@H](C)C[C@H](N(C)C)[C@H]1OC(=O)c1ccccc1. The van der Waals surface area contributed by atoms with Gasteiger partial charge in [0.1, 0.15) is 12.0 Å². The van der Waals surface area contributed by atoms with Gasteiger partial charge in [-0.25, -0.2) is 14.0 Å². The Kier molecular flexibility index (Phi) is 17.5. The fourth-order valence-electron chi connectivity index (χ4n) is 7.68. The molecule has 1 fully saturated rings. The van der Waals surface area contributed by atoms with E-state index in [0.717, 1.165) is 13.0 Å². The lowest BCUT2D eigenvalue weighted by atomic mass is 9.75. The zero-order valence-electron chi connectivity index (χ0n) is 35.6. The predicted octanol–water partition coefficient (Wildman–Crippen LogP) is 6.82. The van der Waals surface area contributed by atoms with Crippen molar-refractivity contribution in [3.05, 3.63) is 60.2 Å². The predicted molar refractivity (Wildman–Crippen MR) is 221 cm³/mol. The molecule has 1 N–H and O–H groups in total. The van der Waals surface area contributed by atoms with Crippen LogP contribution in [0.25, 0.3) is 0 Å². The summed E-state index contributed by atoms with van der Waals surface area (Å²) >= 11 is 16.8. The summed E-state index contributed by atoms with van der Waals surface area (Å²) in [6, 6.07) is 7.82. The van der Waals surface area contributed by atoms with E-state index >= 15 is 4.39 Å². The molecule has 60 heavy (non-hydrogen) atoms. The van der Waals surface area contributed by atoms with Crippen molar-refractivity contribution in [1.82, 2.24) is 10.2 Å². The number of nitrogens with zero attached hydrogens (tertiary/aromatic N) is 1. The van der Waals surface area contributed by atoms with Crippen molar-refractivity contribution in [3.63, 3.8) is 0 Å². The van der Waals surface area contributed by atoms with Crippen molar-refractivity contribution in [1.29, 1.82) is 0 Å². The smallest absolute Gasteiger partial charge is 0.414 e. The maximum atomic E-state index is 17.3. The van der Waals surface area contributed by atoms with Gasteiger partial charge in [-0.3, -0.25) is 24.5 Å². The van der Waals surface area contributed by atoms with Crippen LogP contribution in [0.1, 0.15) is 85.0 Å². The first kappa shape index (κ1) is 50.9. The summed E-state index contributed by atoms with van der Waals surface area (Å²) in [5.41, 5.74) is -6.73. The third-order valence-corrected chi connectivity index (χ3v) is 11.2. The Morgan fingerprint density at radius 1 is 1.07 bits per heavy atom. The minimum absolute atomic E-state index is 0.0677. The molecule has 1 aromatic carbocycles. The van der Waals surface area contributed by atoms with E-state index in [-0.39, 0.29) is 24.2 Å². The van der Waals surface area contributed by atoms with Crippen LogP contribution in [0.15, 0.2) is 54.6 Å². The number of Topliss-reactive ketones (excluding diaryl/α,β-unsaturated/α-hetero) is 2. The van der Waals surface area contributed by atoms with Crippen LogP contribution in [0.3, 0.4) is 0 Å². The van der Waals surface area contributed by atoms with Crippen LogP contribution in [0, 0.1) is 11.8 Å². The molecule has 2 aliphatic rings. The Labute approximate surface area is 365 Å². The Balaban J connectivity index is 2.23. The van der Waals surface area contributed by atoms with Gasteiger partial charge in [0.25, 0.3) is 9.70 Å². The number of imide groups is 1. The number of carbonyl (C=O) groups is 6. The molecule has 1 saturated heterocycles. The standard InChI is InChI=1S/C42H56Cl3FN2O12/c1-12-19-55-41(9)22-39(7,46)32(50)23(3)21-40(8,60-38(54)47-37(53)42(43,44)45)29(13-2)57-34(51)26(6)30(49)25(5)33(41)59-36-31(28(48(10)11)20-24(4)56-36)58-35(52)27-17-15-14-16-18-27/h12,14-18,21,24-26,28-29,31,33,36H,1,13,19-20,22H2,2-11H3,(H,47,53,54)/t24-,25+,26-,28+,29-,31-,33-,36+,39+,40+,41-/m1/s1. The fourth-order valence-corrected chi connectivity index (χ4v) is 7.82. The number of alkyl halides is 4. The second-order valence-corrected chi connectivity index (χ2v) is 18.4. The van der Waals surface area contributed by atoms with Gasteiger partial charge in [-0.1, -0.05) is 72.9 Å². The molecule has 0 unspecified atom stereocenters. The number of esters is 2. The number of benzene rings is 1. The van der Waals surface area contributed by atoms with Crippen LogP contribution < -0.4 is 5.32 Å². The first-order chi connectivity index (χ1) is 27.7. The number of carbonyl (C=O) groups excluding carboxylic acids is 6. The maximum absolute atomic E-state index is 17.3. The number of likely N-dealkylation sites (N-methyl/N-ethyl adjacent to an activating group) is 1. The Morgan fingerprint density at radius 3 is 2.23 bits per heavy atom. The van der Waals surface area contributed by atoms with Crippen molar-refractivity contribution in [3.8, 4) is 0 Å². The first-order valence-electron chi connectivity index (χ1n) is 19.5. The molecule has 2 heterocycles. The van der Waals surface area contributed by atoms with Crippen molar-refractivity contribution in [2.45, 2.75) is 132 Å². The summed E-state index contributed by atoms with van der Waals surface area (Å²) in [6.45, 7) is 14.6. The first-order valence-corrected chi connectivity index (χ1v) is 20.6. The van der Waals surface area contributed by atoms with Crippen LogP contribution in [-0.4, -0.2) is 119 Å². The molecule has 334 valence electrons. The third-order valence-electron chi connectivity index (χ3n) is 10.7. The molecule has 3 rings (SSSR count). The Hall–Kier alpha value is -3.44. The van der Waals surface area contributed by atoms with Crippen LogP contribution in [-0.2, 0) is 47.6 Å². The monoisotopic (exact) mass is 904 g/mol. The number of hydrogen-bond donors (Lipinski definition) is 1. The molecule has 0 bridgehead atoms. The minimum atomic E-state index is -2.78. The van der Waals surface area contributed by atoms with Crippen LogP contribution in [0.5, 0.6) is 0 Å². The third kappa shape index (κ3) is 12.6. The molecule has 14 nitrogen and oxygen atoms in total. The zero-order chi connectivity index (χ0) is 45.5. The van der Waals surface area contributed by atoms with Gasteiger partial charge in [0, 0.05) is 12.3 Å². The second kappa shape index (κ2) is 20.6. The number of alkyl carbamates (subject to hydrolysis) is 1. The van der Waals surface area contributed by atoms with Crippen molar-refractivity contribution in [2.24, 2.45) is 11.8 Å². The van der Waals surface area contributed by atoms with Gasteiger partial charge in [-0.2, -0.15) is 0 Å². The van der Waals surface area contributed by atoms with E-state index in [4.69, 9.17) is 63.2 Å². The van der Waals surface area contributed by atoms with Crippen LogP contribution >= 0.6 is 34.8 Å². The lowest BCUT2D eigenvalue weighted by Gasteiger charge is -2.48. The van der Waals surface area contributed by atoms with E-state index in [2.05, 4.69) is 6.58 Å². The zero-order valence-corrected chi connectivity index (χ0v) is 37.8. The van der Waals surface area contributed by atoms with Crippen molar-refractivity contribution < 1.29 is 61.6 Å². The minimum Gasteiger partial charge on any atom is -0.457 e. The Bertz CT molecular complexity index is 1790. The normalized spacial score (nSPS) is 33.5. The average Bonchev–Trinajstić information content (AvgIpc) is 3.16. The number of nitrogens with one attached hydrogen (secondary N) is 1. The maximum Gasteiger partial charge on any atom is 0.414 e. The molecular formula is C42H56Cl3FN2O12. The van der Waals surface area contributed by atoms with Gasteiger partial charge in [0.2, 0.25) is 0 Å². The quantitative estimate of drug-likeness (QED) is 0.0854. The van der Waals surface area contributed by atoms with Gasteiger partial charge >= 0.3 is 18.0 Å². The molecule has 0 saturated carbocycles. The summed E-state index contributed by atoms with van der Waals surface area (Å²) in [6.07, 6.45) is -5.17. The molecule has 1 aromatic rings. The highest BCUT2D eigenvalue weighted by Gasteiger charge is 2.54. The average molecular weight is 906 g/mol. The highest BCUT2D eigenvalue weighted by Crippen LogP contribution is 2.41. The lowest BCUT2D eigenvalue weighted by molar-refractivity contribution is -0.297. The van der Waals surface area contributed by atoms with Crippen LogP contribution in [0.4, 0.5) is 9.18 Å². The number of rotatable bonds is 10. The van der Waals surface area contributed by atoms with E-state index in [0.29, 0.717) is 6.42 Å². The number of ketones is 2. The number of amides is 2. The highest BCUT2D eigenvalue weighted by molar-refractivity contribution is 6.76. The van der Waals surface area contributed by atoms with Gasteiger partial charge in [-0.15, -0.1) is 6.58 Å². The van der Waals surface area contributed by atoms with E-state index in [9.17, 15) is 28.8 Å². The summed E-state index contributed by atoms with van der Waals surface area (Å²) in [5, 5.41) is 1.76. The van der Waals surface area contributed by atoms with E-state index in [1.807, 2.05) is 4.90 Å². The van der Waals surface area contributed by atoms with E-state index in [1.54, 1.807) is 63.6 Å². The summed E-state index contributed by atoms with van der Waals surface area (Å²) in [5.74, 6) is -7.73. The van der Waals surface area contributed by atoms with E-state index in [1.165, 1.54) is 40.7 Å². The molecular weight excluding hydrogens is 850 g/mol. The topological polar surface area (TPSA) is 173 Å².